The van der Waals surface area contributed by atoms with Gasteiger partial charge in [0.25, 0.3) is 11.8 Å². The van der Waals surface area contributed by atoms with E-state index in [1.165, 1.54) is 6.26 Å². The number of aromatic nitrogens is 2. The summed E-state index contributed by atoms with van der Waals surface area (Å²) in [6.07, 6.45) is 5.35. The number of aryl methyl sites for hydroxylation is 1. The van der Waals surface area contributed by atoms with Crippen molar-refractivity contribution in [1.29, 1.82) is 0 Å². The number of furan rings is 1. The summed E-state index contributed by atoms with van der Waals surface area (Å²) in [5, 5.41) is 6.93. The second-order valence-electron chi connectivity index (χ2n) is 6.75. The van der Waals surface area contributed by atoms with Gasteiger partial charge in [0.15, 0.2) is 11.6 Å². The third-order valence-electron chi connectivity index (χ3n) is 4.84. The Morgan fingerprint density at radius 3 is 2.81 bits per heavy atom. The lowest BCUT2D eigenvalue weighted by atomic mass is 9.98. The molecule has 1 aliphatic carbocycles. The minimum absolute atomic E-state index is 0.251. The lowest BCUT2D eigenvalue weighted by Crippen LogP contribution is -2.34. The monoisotopic (exact) mass is 352 g/mol. The number of nitrogens with zero attached hydrogens (tertiary/aromatic N) is 2. The van der Waals surface area contributed by atoms with Crippen molar-refractivity contribution in [2.24, 2.45) is 5.73 Å². The van der Waals surface area contributed by atoms with Crippen LogP contribution in [0.5, 0.6) is 0 Å². The molecule has 134 valence electrons. The van der Waals surface area contributed by atoms with Gasteiger partial charge in [0.1, 0.15) is 0 Å². The number of amides is 1. The van der Waals surface area contributed by atoms with Crippen LogP contribution in [0.3, 0.4) is 0 Å². The summed E-state index contributed by atoms with van der Waals surface area (Å²) in [6.45, 7) is 1.91. The van der Waals surface area contributed by atoms with Crippen LogP contribution in [0.4, 0.5) is 5.69 Å². The summed E-state index contributed by atoms with van der Waals surface area (Å²) in [5.74, 6) is 0.881. The number of anilines is 1. The van der Waals surface area contributed by atoms with E-state index < -0.39 is 5.54 Å². The topological polar surface area (TPSA) is 107 Å². The number of nitrogens with two attached hydrogens (primary N) is 1. The molecule has 2 heterocycles. The van der Waals surface area contributed by atoms with Crippen LogP contribution in [0.25, 0.3) is 11.5 Å². The van der Waals surface area contributed by atoms with Crippen LogP contribution < -0.4 is 11.1 Å². The van der Waals surface area contributed by atoms with Crippen molar-refractivity contribution in [1.82, 2.24) is 10.1 Å². The molecule has 3 aromatic rings. The van der Waals surface area contributed by atoms with Crippen molar-refractivity contribution in [2.45, 2.75) is 38.1 Å². The highest BCUT2D eigenvalue weighted by atomic mass is 16.5. The molecule has 1 saturated carbocycles. The molecule has 0 bridgehead atoms. The molecule has 1 aliphatic rings. The maximum atomic E-state index is 12.2. The number of hydrogen-bond acceptors (Lipinski definition) is 6. The summed E-state index contributed by atoms with van der Waals surface area (Å²) in [6, 6.07) is 8.87. The van der Waals surface area contributed by atoms with E-state index in [-0.39, 0.29) is 11.7 Å². The number of carbonyl (C=O) groups is 1. The number of rotatable bonds is 4. The van der Waals surface area contributed by atoms with E-state index in [0.717, 1.165) is 36.8 Å². The van der Waals surface area contributed by atoms with E-state index in [1.54, 1.807) is 12.1 Å². The Morgan fingerprint density at radius 1 is 1.27 bits per heavy atom. The van der Waals surface area contributed by atoms with Crippen LogP contribution in [0.1, 0.15) is 47.6 Å². The first kappa shape index (κ1) is 16.5. The van der Waals surface area contributed by atoms with Crippen LogP contribution in [-0.4, -0.2) is 16.0 Å². The van der Waals surface area contributed by atoms with Crippen LogP contribution >= 0.6 is 0 Å². The first-order valence-corrected chi connectivity index (χ1v) is 8.64. The van der Waals surface area contributed by atoms with E-state index >= 15 is 0 Å². The molecule has 0 unspecified atom stereocenters. The largest absolute Gasteiger partial charge is 0.459 e. The quantitative estimate of drug-likeness (QED) is 0.742. The van der Waals surface area contributed by atoms with Crippen molar-refractivity contribution >= 4 is 11.6 Å². The molecule has 1 fully saturated rings. The standard InChI is InChI=1S/C19H20N4O3/c1-12-6-7-13(11-14(12)21-16(24)15-5-4-10-25-15)17-22-18(23-26-17)19(20)8-2-3-9-19/h4-7,10-11H,2-3,8-9,20H2,1H3,(H,21,24). The molecule has 7 heteroatoms. The minimum atomic E-state index is -0.497. The molecule has 1 aromatic carbocycles. The van der Waals surface area contributed by atoms with Gasteiger partial charge in [-0.05, 0) is 49.6 Å². The Balaban J connectivity index is 1.60. The van der Waals surface area contributed by atoms with Gasteiger partial charge in [0.05, 0.1) is 11.8 Å². The Kier molecular flexibility index (Phi) is 4.08. The molecule has 0 saturated heterocycles. The number of hydrogen-bond donors (Lipinski definition) is 2. The predicted octanol–water partition coefficient (Wildman–Crippen LogP) is 3.62. The molecule has 0 atom stereocenters. The van der Waals surface area contributed by atoms with Gasteiger partial charge in [-0.2, -0.15) is 4.98 Å². The highest BCUT2D eigenvalue weighted by Crippen LogP contribution is 2.35. The molecular weight excluding hydrogens is 332 g/mol. The van der Waals surface area contributed by atoms with Crippen molar-refractivity contribution in [3.63, 3.8) is 0 Å². The maximum absolute atomic E-state index is 12.2. The molecule has 26 heavy (non-hydrogen) atoms. The van der Waals surface area contributed by atoms with E-state index in [9.17, 15) is 4.79 Å². The molecule has 4 rings (SSSR count). The molecule has 3 N–H and O–H groups in total. The smallest absolute Gasteiger partial charge is 0.291 e. The Morgan fingerprint density at radius 2 is 2.08 bits per heavy atom. The lowest BCUT2D eigenvalue weighted by Gasteiger charge is -2.17. The molecular formula is C19H20N4O3. The molecule has 1 amide bonds. The van der Waals surface area contributed by atoms with Gasteiger partial charge in [-0.15, -0.1) is 0 Å². The Hall–Kier alpha value is -2.93. The highest BCUT2D eigenvalue weighted by Gasteiger charge is 2.36. The fourth-order valence-corrected chi connectivity index (χ4v) is 3.25. The normalized spacial score (nSPS) is 15.9. The summed E-state index contributed by atoms with van der Waals surface area (Å²) in [5.41, 5.74) is 8.20. The zero-order valence-corrected chi connectivity index (χ0v) is 14.5. The lowest BCUT2D eigenvalue weighted by molar-refractivity contribution is 0.0996. The van der Waals surface area contributed by atoms with Crippen LogP contribution in [0.15, 0.2) is 45.5 Å². The Bertz CT molecular complexity index is 924. The number of benzene rings is 1. The molecule has 0 aliphatic heterocycles. The molecule has 2 aromatic heterocycles. The molecule has 0 spiro atoms. The van der Waals surface area contributed by atoms with E-state index in [1.807, 2.05) is 25.1 Å². The summed E-state index contributed by atoms with van der Waals surface area (Å²) in [4.78, 5) is 16.7. The molecule has 0 radical (unpaired) electrons. The van der Waals surface area contributed by atoms with Crippen LogP contribution in [0.2, 0.25) is 0 Å². The summed E-state index contributed by atoms with van der Waals surface area (Å²) >= 11 is 0. The van der Waals surface area contributed by atoms with E-state index in [4.69, 9.17) is 14.7 Å². The van der Waals surface area contributed by atoms with E-state index in [0.29, 0.717) is 17.4 Å². The maximum Gasteiger partial charge on any atom is 0.291 e. The summed E-state index contributed by atoms with van der Waals surface area (Å²) in [7, 11) is 0. The highest BCUT2D eigenvalue weighted by molar-refractivity contribution is 6.02. The SMILES string of the molecule is Cc1ccc(-c2nc(C3(N)CCCC3)no2)cc1NC(=O)c1ccco1. The predicted molar refractivity (Wildman–Crippen MR) is 95.5 cm³/mol. The van der Waals surface area contributed by atoms with Gasteiger partial charge in [-0.3, -0.25) is 4.79 Å². The van der Waals surface area contributed by atoms with Crippen LogP contribution in [0, 0.1) is 6.92 Å². The summed E-state index contributed by atoms with van der Waals surface area (Å²) < 4.78 is 10.6. The number of carbonyl (C=O) groups excluding carboxylic acids is 1. The van der Waals surface area contributed by atoms with Gasteiger partial charge < -0.3 is 20.0 Å². The third kappa shape index (κ3) is 3.01. The van der Waals surface area contributed by atoms with Gasteiger partial charge in [-0.25, -0.2) is 0 Å². The first-order chi connectivity index (χ1) is 12.5. The zero-order valence-electron chi connectivity index (χ0n) is 14.5. The van der Waals surface area contributed by atoms with Gasteiger partial charge in [-0.1, -0.05) is 24.1 Å². The molecule has 7 nitrogen and oxygen atoms in total. The second-order valence-corrected chi connectivity index (χ2v) is 6.75. The van der Waals surface area contributed by atoms with E-state index in [2.05, 4.69) is 15.5 Å². The van der Waals surface area contributed by atoms with Crippen molar-refractivity contribution in [2.75, 3.05) is 5.32 Å². The average Bonchev–Trinajstić information content (AvgIpc) is 3.38. The fourth-order valence-electron chi connectivity index (χ4n) is 3.25. The zero-order chi connectivity index (χ0) is 18.1. The average molecular weight is 352 g/mol. The Labute approximate surface area is 150 Å². The van der Waals surface area contributed by atoms with Crippen LogP contribution in [-0.2, 0) is 5.54 Å². The van der Waals surface area contributed by atoms with Crippen molar-refractivity contribution in [3.8, 4) is 11.5 Å². The first-order valence-electron chi connectivity index (χ1n) is 8.64. The fraction of sp³-hybridized carbons (Fsp3) is 0.316. The third-order valence-corrected chi connectivity index (χ3v) is 4.84. The second kappa shape index (κ2) is 6.42. The minimum Gasteiger partial charge on any atom is -0.459 e. The van der Waals surface area contributed by atoms with Crippen molar-refractivity contribution < 1.29 is 13.7 Å². The van der Waals surface area contributed by atoms with Crippen molar-refractivity contribution in [3.05, 3.63) is 53.7 Å². The van der Waals surface area contributed by atoms with Gasteiger partial charge >= 0.3 is 0 Å². The van der Waals surface area contributed by atoms with Gasteiger partial charge in [0, 0.05) is 11.3 Å². The number of nitrogens with one attached hydrogen (secondary N) is 1. The van der Waals surface area contributed by atoms with Gasteiger partial charge in [0.2, 0.25) is 0 Å².